The summed E-state index contributed by atoms with van der Waals surface area (Å²) in [6, 6.07) is 0. The smallest absolute Gasteiger partial charge is 0.569 e. The van der Waals surface area contributed by atoms with E-state index in [2.05, 4.69) is 51.0 Å². The van der Waals surface area contributed by atoms with E-state index in [0.29, 0.717) is 0 Å². The van der Waals surface area contributed by atoms with Gasteiger partial charge in [-0.05, 0) is 25.3 Å². The first-order valence-electron chi connectivity index (χ1n) is 2.59. The Morgan fingerprint density at radius 1 is 0.941 bits per heavy atom. The van der Waals surface area contributed by atoms with Crippen LogP contribution < -0.4 is 5.32 Å². The fourth-order valence-electron chi connectivity index (χ4n) is 0.0625. The molecule has 0 aromatic carbocycles. The van der Waals surface area contributed by atoms with Crippen LogP contribution in [0.2, 0.25) is 0 Å². The number of hydrogen-bond acceptors (Lipinski definition) is 4. The van der Waals surface area contributed by atoms with Crippen LogP contribution in [0.15, 0.2) is 0 Å². The Balaban J connectivity index is -0.00000001000. The fourth-order valence-corrected chi connectivity index (χ4v) is 0.562. The first-order chi connectivity index (χ1) is 7.41. The van der Waals surface area contributed by atoms with E-state index >= 15 is 0 Å². The maximum absolute atomic E-state index is 7.50. The van der Waals surface area contributed by atoms with E-state index in [1.807, 2.05) is 0 Å². The first kappa shape index (κ1) is 53.5. The maximum atomic E-state index is 7.50. The second-order valence-corrected chi connectivity index (χ2v) is 1.31. The van der Waals surface area contributed by atoms with Crippen molar-refractivity contribution in [2.75, 3.05) is 11.8 Å². The number of rotatable bonds is 2. The summed E-state index contributed by atoms with van der Waals surface area (Å²) in [4.78, 5) is 0. The van der Waals surface area contributed by atoms with E-state index in [1.54, 1.807) is 0 Å². The predicted octanol–water partition coefficient (Wildman–Crippen LogP) is -1.22. The summed E-state index contributed by atoms with van der Waals surface area (Å²) in [5, 5.41) is 22.2. The van der Waals surface area contributed by atoms with Gasteiger partial charge in [0, 0.05) is 0 Å². The monoisotopic (exact) mass is 362 g/mol. The van der Waals surface area contributed by atoms with Gasteiger partial charge in [-0.1, -0.05) is 0 Å². The summed E-state index contributed by atoms with van der Waals surface area (Å²) in [5.41, 5.74) is 0. The Labute approximate surface area is 134 Å². The normalized spacial score (nSPS) is 3.29. The van der Waals surface area contributed by atoms with Gasteiger partial charge in [0.05, 0.1) is 0 Å². The Kier molecular flexibility index (Phi) is 1190. The summed E-state index contributed by atoms with van der Waals surface area (Å²) in [5.74, 6) is 1.70. The Morgan fingerprint density at radius 3 is 1.06 bits per heavy atom. The van der Waals surface area contributed by atoms with Crippen LogP contribution in [0, 0.1) is 44.1 Å². The molecular weight excluding hydrogens is 350 g/mol. The van der Waals surface area contributed by atoms with Crippen LogP contribution in [0.5, 0.6) is 0 Å². The maximum Gasteiger partial charge on any atom is 3.00 e. The summed E-state index contributed by atoms with van der Waals surface area (Å²) in [7, 11) is 2.25. The molecule has 2 N–H and O–H groups in total. The van der Waals surface area contributed by atoms with Crippen LogP contribution in [0.25, 0.3) is 0 Å². The van der Waals surface area contributed by atoms with Gasteiger partial charge in [0.1, 0.15) is 0 Å². The van der Waals surface area contributed by atoms with Crippen molar-refractivity contribution in [2.24, 2.45) is 0 Å². The third kappa shape index (κ3) is 716. The van der Waals surface area contributed by atoms with Gasteiger partial charge in [-0.25, -0.2) is 12.4 Å². The van der Waals surface area contributed by atoms with E-state index in [9.17, 15) is 0 Å². The molecule has 0 aliphatic carbocycles. The van der Waals surface area contributed by atoms with Crippen molar-refractivity contribution in [2.45, 2.75) is 0 Å². The van der Waals surface area contributed by atoms with Gasteiger partial charge in [0.25, 0.3) is 0 Å². The van der Waals surface area contributed by atoms with Gasteiger partial charge >= 0.3 is 56.7 Å². The van der Waals surface area contributed by atoms with Gasteiger partial charge in [-0.3, -0.25) is 0 Å². The molecule has 0 aliphatic rings. The predicted molar refractivity (Wildman–Crippen MR) is 58.3 cm³/mol. The van der Waals surface area contributed by atoms with Crippen LogP contribution in [-0.4, -0.2) is 16.9 Å². The average Bonchev–Trinajstić information content (AvgIpc) is 2.42. The molecule has 97 valence electrons. The quantitative estimate of drug-likeness (QED) is 0.363. The molecule has 0 heterocycles. The summed E-state index contributed by atoms with van der Waals surface area (Å²) in [6.07, 6.45) is 0. The zero-order chi connectivity index (χ0) is 14.1. The Bertz CT molecular complexity index is 109. The van der Waals surface area contributed by atoms with Crippen molar-refractivity contribution < 1.29 is 48.5 Å². The van der Waals surface area contributed by atoms with Crippen LogP contribution >= 0.6 is 0 Å². The molecule has 6 nitrogen and oxygen atoms in total. The molecule has 0 fully saturated rings. The molecule has 0 saturated heterocycles. The molecule has 0 aromatic heterocycles. The molecule has 0 amide bonds. The van der Waals surface area contributed by atoms with Crippen LogP contribution in [0.1, 0.15) is 0 Å². The fraction of sp³-hybridized carbons (Fsp3) is 0.286. The van der Waals surface area contributed by atoms with Gasteiger partial charge in [0.15, 0.2) is 11.8 Å². The van der Waals surface area contributed by atoms with Crippen molar-refractivity contribution in [1.29, 1.82) is 10.5 Å². The Hall–Kier alpha value is 0.119. The van der Waals surface area contributed by atoms with E-state index in [1.165, 1.54) is 0 Å². The van der Waals surface area contributed by atoms with Crippen molar-refractivity contribution in [3.05, 3.63) is 33.6 Å². The van der Waals surface area contributed by atoms with Crippen LogP contribution in [-0.2, 0) is 68.7 Å². The third-order valence-electron chi connectivity index (χ3n) is 0.250. The van der Waals surface area contributed by atoms with Crippen molar-refractivity contribution in [1.82, 2.24) is 5.32 Å². The standard InChI is InChI=1S/C2H7NS2.2CN.CH3O.2CO.2Fe/c4-1-3-2-5;5*1-2;;/h3-5H,1-2H2;;;2H,1H2;;;;/q;3*-1;;;+2;+3/p+2. The molecule has 0 spiro atoms. The number of aliphatic hydroxyl groups is 1. The summed E-state index contributed by atoms with van der Waals surface area (Å²) >= 11 is 6.42. The number of nitrogens with zero attached hydrogens (tertiary/aromatic N) is 2. The minimum Gasteiger partial charge on any atom is -0.569 e. The largest absolute Gasteiger partial charge is 3.00 e. The van der Waals surface area contributed by atoms with Gasteiger partial charge < -0.3 is 28.8 Å². The molecule has 17 heavy (non-hydrogen) atoms. The third-order valence-corrected chi connectivity index (χ3v) is 0.750. The molecule has 0 unspecified atom stereocenters. The van der Waals surface area contributed by atoms with Crippen molar-refractivity contribution in [3.8, 4) is 0 Å². The number of nitrogens with one attached hydrogen (secondary N) is 1. The zero-order valence-corrected chi connectivity index (χ0v) is 12.7. The van der Waals surface area contributed by atoms with E-state index < -0.39 is 0 Å². The minimum atomic E-state index is 0. The molecule has 0 aromatic rings. The number of aliphatic hydroxyl groups excluding tert-OH is 1. The SMILES string of the molecule is [C-]#N.[C-]#N.[C-]#[O+].[C-]#[O+].[CH2-]O.[Fe+2].[Fe+3].[SH2+]CNC[SH2+]. The van der Waals surface area contributed by atoms with Crippen molar-refractivity contribution in [3.63, 3.8) is 0 Å². The van der Waals surface area contributed by atoms with E-state index in [4.69, 9.17) is 38.1 Å². The topological polar surface area (TPSA) is 120 Å². The summed E-state index contributed by atoms with van der Waals surface area (Å²) in [6.45, 7) is 18.5. The Morgan fingerprint density at radius 2 is 1.06 bits per heavy atom. The molecule has 1 radical (unpaired) electrons. The molecule has 0 saturated carbocycles. The molecule has 0 rings (SSSR count). The molecule has 0 aliphatic heterocycles. The van der Waals surface area contributed by atoms with E-state index in [-0.39, 0.29) is 34.1 Å². The molecule has 0 bridgehead atoms. The number of hydrogen-bond donors (Lipinski definition) is 2. The zero-order valence-electron chi connectivity index (χ0n) is 8.49. The van der Waals surface area contributed by atoms with Crippen LogP contribution in [0.3, 0.4) is 0 Å². The van der Waals surface area contributed by atoms with Gasteiger partial charge in [-0.2, -0.15) is 0 Å². The first-order valence-corrected chi connectivity index (χ1v) is 4.00. The van der Waals surface area contributed by atoms with Gasteiger partial charge in [-0.15, -0.1) is 0 Å². The van der Waals surface area contributed by atoms with Gasteiger partial charge in [0.2, 0.25) is 0 Å². The average molecular weight is 362 g/mol. The molecule has 0 atom stereocenters. The van der Waals surface area contributed by atoms with E-state index in [0.717, 1.165) is 11.8 Å². The molecular formula is C7H12Fe2N3O3S2+4. The van der Waals surface area contributed by atoms with Crippen molar-refractivity contribution >= 4 is 25.3 Å². The minimum absolute atomic E-state index is 0. The molecule has 10 heteroatoms. The second-order valence-electron chi connectivity index (χ2n) is 0.604. The van der Waals surface area contributed by atoms with Crippen LogP contribution in [0.4, 0.5) is 0 Å². The summed E-state index contributed by atoms with van der Waals surface area (Å²) < 4.78 is 15.0. The second kappa shape index (κ2) is 379.